The van der Waals surface area contributed by atoms with Crippen LogP contribution in [-0.4, -0.2) is 32.7 Å². The predicted octanol–water partition coefficient (Wildman–Crippen LogP) is 0.451. The van der Waals surface area contributed by atoms with Gasteiger partial charge in [0.1, 0.15) is 0 Å². The first-order valence-corrected chi connectivity index (χ1v) is 5.17. The molecule has 0 radical (unpaired) electrons. The lowest BCUT2D eigenvalue weighted by atomic mass is 10.1. The number of rotatable bonds is 5. The van der Waals surface area contributed by atoms with E-state index in [0.717, 1.165) is 26.1 Å². The predicted molar refractivity (Wildman–Crippen MR) is 56.7 cm³/mol. The minimum Gasteiger partial charge on any atom is -0.386 e. The van der Waals surface area contributed by atoms with Gasteiger partial charge in [0.2, 0.25) is 0 Å². The van der Waals surface area contributed by atoms with E-state index < -0.39 is 0 Å². The number of likely N-dealkylation sites (N-methyl/N-ethyl adjacent to an activating group) is 1. The molecule has 0 spiro atoms. The highest BCUT2D eigenvalue weighted by Gasteiger charge is 2.11. The Morgan fingerprint density at radius 1 is 1.62 bits per heavy atom. The molecule has 1 aliphatic heterocycles. The van der Waals surface area contributed by atoms with Gasteiger partial charge in [0.25, 0.3) is 0 Å². The molecule has 1 aliphatic rings. The first-order valence-electron chi connectivity index (χ1n) is 5.17. The Hall–Kier alpha value is -0.540. The largest absolute Gasteiger partial charge is 0.386 e. The summed E-state index contributed by atoms with van der Waals surface area (Å²) in [7, 11) is 1.98. The van der Waals surface area contributed by atoms with Crippen molar-refractivity contribution in [1.82, 2.24) is 16.0 Å². The highest BCUT2D eigenvalue weighted by molar-refractivity contribution is 5.07. The van der Waals surface area contributed by atoms with E-state index in [1.807, 2.05) is 7.05 Å². The van der Waals surface area contributed by atoms with Gasteiger partial charge in [-0.15, -0.1) is 0 Å². The quantitative estimate of drug-likeness (QED) is 0.579. The van der Waals surface area contributed by atoms with Crippen molar-refractivity contribution in [2.24, 2.45) is 0 Å². The summed E-state index contributed by atoms with van der Waals surface area (Å²) in [5.74, 6) is 0. The number of hydrogen-bond acceptors (Lipinski definition) is 3. The van der Waals surface area contributed by atoms with Crippen LogP contribution in [0.1, 0.15) is 19.8 Å². The van der Waals surface area contributed by atoms with Crippen LogP contribution in [0.4, 0.5) is 0 Å². The van der Waals surface area contributed by atoms with E-state index in [1.165, 1.54) is 12.1 Å². The maximum absolute atomic E-state index is 3.51. The third-order valence-electron chi connectivity index (χ3n) is 2.27. The van der Waals surface area contributed by atoms with Gasteiger partial charge >= 0.3 is 0 Å². The van der Waals surface area contributed by atoms with E-state index in [2.05, 4.69) is 29.0 Å². The standard InChI is InChI=1S/C10H21N3/c1-3-6-12-10-5-4-9(7-11-2)13-8-10/h4,10-13H,3,5-8H2,1-2H3. The minimum atomic E-state index is 0.626. The van der Waals surface area contributed by atoms with E-state index in [-0.39, 0.29) is 0 Å². The molecule has 0 aliphatic carbocycles. The third kappa shape index (κ3) is 3.79. The zero-order valence-electron chi connectivity index (χ0n) is 8.69. The molecule has 0 amide bonds. The molecule has 0 saturated heterocycles. The summed E-state index contributed by atoms with van der Waals surface area (Å²) in [6.07, 6.45) is 4.65. The summed E-state index contributed by atoms with van der Waals surface area (Å²) >= 11 is 0. The average Bonchev–Trinajstić information content (AvgIpc) is 2.17. The van der Waals surface area contributed by atoms with Gasteiger partial charge < -0.3 is 16.0 Å². The van der Waals surface area contributed by atoms with Crippen molar-refractivity contribution in [3.8, 4) is 0 Å². The summed E-state index contributed by atoms with van der Waals surface area (Å²) in [5.41, 5.74) is 1.33. The van der Waals surface area contributed by atoms with Crippen molar-refractivity contribution in [1.29, 1.82) is 0 Å². The van der Waals surface area contributed by atoms with Crippen LogP contribution in [0.5, 0.6) is 0 Å². The summed E-state index contributed by atoms with van der Waals surface area (Å²) in [5, 5.41) is 10.1. The molecule has 0 aromatic carbocycles. The van der Waals surface area contributed by atoms with Gasteiger partial charge in [-0.2, -0.15) is 0 Å². The first-order chi connectivity index (χ1) is 6.36. The molecular formula is C10H21N3. The third-order valence-corrected chi connectivity index (χ3v) is 2.27. The lowest BCUT2D eigenvalue weighted by Crippen LogP contribution is -2.42. The van der Waals surface area contributed by atoms with Crippen LogP contribution in [0, 0.1) is 0 Å². The summed E-state index contributed by atoms with van der Waals surface area (Å²) < 4.78 is 0. The summed E-state index contributed by atoms with van der Waals surface area (Å²) in [4.78, 5) is 0. The molecule has 3 N–H and O–H groups in total. The molecule has 0 saturated carbocycles. The monoisotopic (exact) mass is 183 g/mol. The van der Waals surface area contributed by atoms with E-state index in [1.54, 1.807) is 0 Å². The summed E-state index contributed by atoms with van der Waals surface area (Å²) in [6.45, 7) is 5.35. The van der Waals surface area contributed by atoms with Gasteiger partial charge in [-0.25, -0.2) is 0 Å². The molecule has 3 heteroatoms. The van der Waals surface area contributed by atoms with Crippen molar-refractivity contribution in [3.05, 3.63) is 11.8 Å². The molecule has 0 aromatic rings. The van der Waals surface area contributed by atoms with E-state index >= 15 is 0 Å². The Morgan fingerprint density at radius 2 is 2.46 bits per heavy atom. The molecular weight excluding hydrogens is 162 g/mol. The van der Waals surface area contributed by atoms with Crippen LogP contribution in [0.15, 0.2) is 11.8 Å². The van der Waals surface area contributed by atoms with Gasteiger partial charge in [-0.1, -0.05) is 13.0 Å². The Bertz CT molecular complexity index is 166. The molecule has 0 bridgehead atoms. The first kappa shape index (κ1) is 10.5. The van der Waals surface area contributed by atoms with Crippen LogP contribution >= 0.6 is 0 Å². The van der Waals surface area contributed by atoms with Crippen LogP contribution in [0.3, 0.4) is 0 Å². The normalized spacial score (nSPS) is 22.3. The summed E-state index contributed by atoms with van der Waals surface area (Å²) in [6, 6.07) is 0.626. The van der Waals surface area contributed by atoms with Gasteiger partial charge in [-0.05, 0) is 26.4 Å². The smallest absolute Gasteiger partial charge is 0.0348 e. The molecule has 1 heterocycles. The van der Waals surface area contributed by atoms with Gasteiger partial charge in [0.15, 0.2) is 0 Å². The SMILES string of the molecule is CCCNC1CC=C(CNC)NC1. The fourth-order valence-electron chi connectivity index (χ4n) is 1.52. The number of hydrogen-bond donors (Lipinski definition) is 3. The molecule has 13 heavy (non-hydrogen) atoms. The van der Waals surface area contributed by atoms with Crippen molar-refractivity contribution in [2.45, 2.75) is 25.8 Å². The van der Waals surface area contributed by atoms with Crippen LogP contribution < -0.4 is 16.0 Å². The maximum Gasteiger partial charge on any atom is 0.0348 e. The molecule has 1 unspecified atom stereocenters. The second kappa shape index (κ2) is 6.00. The van der Waals surface area contributed by atoms with Crippen molar-refractivity contribution in [3.63, 3.8) is 0 Å². The van der Waals surface area contributed by atoms with Crippen molar-refractivity contribution in [2.75, 3.05) is 26.7 Å². The molecule has 1 rings (SSSR count). The lowest BCUT2D eigenvalue weighted by Gasteiger charge is -2.24. The molecule has 0 fully saturated rings. The highest BCUT2D eigenvalue weighted by atomic mass is 15.0. The molecule has 0 aromatic heterocycles. The minimum absolute atomic E-state index is 0.626. The molecule has 3 nitrogen and oxygen atoms in total. The zero-order chi connectivity index (χ0) is 9.52. The van der Waals surface area contributed by atoms with Crippen LogP contribution in [-0.2, 0) is 0 Å². The average molecular weight is 183 g/mol. The van der Waals surface area contributed by atoms with E-state index in [4.69, 9.17) is 0 Å². The van der Waals surface area contributed by atoms with Crippen molar-refractivity contribution < 1.29 is 0 Å². The maximum atomic E-state index is 3.51. The highest BCUT2D eigenvalue weighted by Crippen LogP contribution is 2.03. The van der Waals surface area contributed by atoms with Crippen LogP contribution in [0.2, 0.25) is 0 Å². The van der Waals surface area contributed by atoms with E-state index in [9.17, 15) is 0 Å². The zero-order valence-corrected chi connectivity index (χ0v) is 8.69. The Balaban J connectivity index is 2.20. The van der Waals surface area contributed by atoms with Crippen molar-refractivity contribution >= 4 is 0 Å². The number of nitrogens with one attached hydrogen (secondary N) is 3. The van der Waals surface area contributed by atoms with Crippen LogP contribution in [0.25, 0.3) is 0 Å². The fraction of sp³-hybridized carbons (Fsp3) is 0.800. The molecule has 76 valence electrons. The Kier molecular flexibility index (Phi) is 4.86. The van der Waals surface area contributed by atoms with Gasteiger partial charge in [0.05, 0.1) is 0 Å². The Morgan fingerprint density at radius 3 is 3.00 bits per heavy atom. The lowest BCUT2D eigenvalue weighted by molar-refractivity contribution is 0.471. The second-order valence-electron chi connectivity index (χ2n) is 3.53. The fourth-order valence-corrected chi connectivity index (χ4v) is 1.52. The van der Waals surface area contributed by atoms with Gasteiger partial charge in [-0.3, -0.25) is 0 Å². The van der Waals surface area contributed by atoms with Gasteiger partial charge in [0, 0.05) is 24.8 Å². The second-order valence-corrected chi connectivity index (χ2v) is 3.53. The Labute approximate surface area is 81.0 Å². The topological polar surface area (TPSA) is 36.1 Å². The van der Waals surface area contributed by atoms with E-state index in [0.29, 0.717) is 6.04 Å². The molecule has 1 atom stereocenters.